The van der Waals surface area contributed by atoms with Crippen LogP contribution in [-0.4, -0.2) is 42.6 Å². The summed E-state index contributed by atoms with van der Waals surface area (Å²) in [6, 6.07) is 18.9. The Bertz CT molecular complexity index is 859. The highest BCUT2D eigenvalue weighted by Gasteiger charge is 2.53. The van der Waals surface area contributed by atoms with Gasteiger partial charge in [-0.05, 0) is 35.2 Å². The standard InChI is InChI=1S/C22H24N4O/c1-2-10-25-22(27)26-19-13-24-14-20(26)21(19)17-8-6-16(7-9-17)18-5-3-4-15(11-18)12-23/h3-9,11,19-21,24H,2,10,13-14H2,1H3,(H,25,27)/t19-,20+,21?. The lowest BCUT2D eigenvalue weighted by Gasteiger charge is -2.59. The van der Waals surface area contributed by atoms with Gasteiger partial charge in [0, 0.05) is 25.6 Å². The van der Waals surface area contributed by atoms with E-state index in [-0.39, 0.29) is 18.1 Å². The Hall–Kier alpha value is -2.84. The van der Waals surface area contributed by atoms with Gasteiger partial charge in [0.25, 0.3) is 0 Å². The van der Waals surface area contributed by atoms with Crippen molar-refractivity contribution in [3.8, 4) is 17.2 Å². The Labute approximate surface area is 160 Å². The summed E-state index contributed by atoms with van der Waals surface area (Å²) in [4.78, 5) is 14.4. The number of nitriles is 1. The van der Waals surface area contributed by atoms with Crippen molar-refractivity contribution in [2.45, 2.75) is 31.3 Å². The molecule has 138 valence electrons. The number of amides is 2. The molecule has 0 aromatic heterocycles. The molecule has 27 heavy (non-hydrogen) atoms. The highest BCUT2D eigenvalue weighted by molar-refractivity contribution is 5.77. The van der Waals surface area contributed by atoms with Gasteiger partial charge in [-0.15, -0.1) is 0 Å². The van der Waals surface area contributed by atoms with E-state index in [2.05, 4.69) is 47.9 Å². The number of nitrogens with zero attached hydrogens (tertiary/aromatic N) is 2. The van der Waals surface area contributed by atoms with E-state index in [0.717, 1.165) is 37.2 Å². The molecule has 2 aliphatic rings. The van der Waals surface area contributed by atoms with Gasteiger partial charge in [-0.3, -0.25) is 0 Å². The van der Waals surface area contributed by atoms with Crippen LogP contribution in [0.5, 0.6) is 0 Å². The third-order valence-electron chi connectivity index (χ3n) is 5.63. The summed E-state index contributed by atoms with van der Waals surface area (Å²) in [6.45, 7) is 4.47. The minimum Gasteiger partial charge on any atom is -0.338 e. The lowest BCUT2D eigenvalue weighted by atomic mass is 9.72. The van der Waals surface area contributed by atoms with Crippen molar-refractivity contribution in [3.05, 3.63) is 59.7 Å². The van der Waals surface area contributed by atoms with Gasteiger partial charge >= 0.3 is 6.03 Å². The van der Waals surface area contributed by atoms with Crippen LogP contribution in [0.4, 0.5) is 4.79 Å². The topological polar surface area (TPSA) is 68.2 Å². The zero-order chi connectivity index (χ0) is 18.8. The van der Waals surface area contributed by atoms with Gasteiger partial charge in [0.15, 0.2) is 0 Å². The predicted molar refractivity (Wildman–Crippen MR) is 105 cm³/mol. The van der Waals surface area contributed by atoms with Crippen LogP contribution in [0.2, 0.25) is 0 Å². The normalized spacial score (nSPS) is 23.3. The molecule has 4 rings (SSSR count). The Kier molecular flexibility index (Phi) is 4.83. The number of nitrogens with one attached hydrogen (secondary N) is 2. The number of carbonyl (C=O) groups is 1. The lowest BCUT2D eigenvalue weighted by molar-refractivity contribution is -0.00341. The van der Waals surface area contributed by atoms with Crippen molar-refractivity contribution in [3.63, 3.8) is 0 Å². The third kappa shape index (κ3) is 3.17. The molecule has 2 bridgehead atoms. The van der Waals surface area contributed by atoms with Crippen LogP contribution >= 0.6 is 0 Å². The first-order chi connectivity index (χ1) is 13.2. The van der Waals surface area contributed by atoms with Crippen LogP contribution in [-0.2, 0) is 0 Å². The van der Waals surface area contributed by atoms with E-state index < -0.39 is 0 Å². The summed E-state index contributed by atoms with van der Waals surface area (Å²) in [6.07, 6.45) is 0.949. The van der Waals surface area contributed by atoms with Crippen molar-refractivity contribution in [2.24, 2.45) is 0 Å². The van der Waals surface area contributed by atoms with Gasteiger partial charge in [0.2, 0.25) is 0 Å². The van der Waals surface area contributed by atoms with Crippen LogP contribution in [0.3, 0.4) is 0 Å². The number of rotatable bonds is 4. The minimum atomic E-state index is 0.0644. The number of urea groups is 1. The smallest absolute Gasteiger partial charge is 0.318 e. The molecule has 0 saturated carbocycles. The van der Waals surface area contributed by atoms with Crippen LogP contribution < -0.4 is 10.6 Å². The highest BCUT2D eigenvalue weighted by atomic mass is 16.2. The predicted octanol–water partition coefficient (Wildman–Crippen LogP) is 3.08. The SMILES string of the molecule is CCCNC(=O)N1[C@@H]2CNC[C@H]1C2c1ccc(-c2cccc(C#N)c2)cc1. The van der Waals surface area contributed by atoms with Crippen LogP contribution in [0, 0.1) is 11.3 Å². The van der Waals surface area contributed by atoms with E-state index in [1.165, 1.54) is 5.56 Å². The average Bonchev–Trinajstić information content (AvgIpc) is 2.73. The second kappa shape index (κ2) is 7.42. The van der Waals surface area contributed by atoms with Crippen molar-refractivity contribution in [2.75, 3.05) is 19.6 Å². The minimum absolute atomic E-state index is 0.0644. The molecule has 2 saturated heterocycles. The molecular weight excluding hydrogens is 336 g/mol. The lowest BCUT2D eigenvalue weighted by Crippen LogP contribution is -2.75. The molecule has 2 fully saturated rings. The Morgan fingerprint density at radius 1 is 1.19 bits per heavy atom. The largest absolute Gasteiger partial charge is 0.338 e. The van der Waals surface area contributed by atoms with E-state index in [1.54, 1.807) is 0 Å². The number of piperazine rings is 1. The summed E-state index contributed by atoms with van der Waals surface area (Å²) >= 11 is 0. The molecule has 0 aliphatic carbocycles. The summed E-state index contributed by atoms with van der Waals surface area (Å²) in [5.41, 5.74) is 4.11. The van der Waals surface area contributed by atoms with Gasteiger partial charge in [0.1, 0.15) is 0 Å². The second-order valence-electron chi connectivity index (χ2n) is 7.27. The molecule has 0 spiro atoms. The Balaban J connectivity index is 1.51. The number of benzene rings is 2. The summed E-state index contributed by atoms with van der Waals surface area (Å²) in [5, 5.41) is 15.5. The van der Waals surface area contributed by atoms with Crippen LogP contribution in [0.25, 0.3) is 11.1 Å². The Morgan fingerprint density at radius 2 is 1.93 bits per heavy atom. The fraction of sp³-hybridized carbons (Fsp3) is 0.364. The summed E-state index contributed by atoms with van der Waals surface area (Å²) in [5.74, 6) is 0.387. The number of hydrogen-bond donors (Lipinski definition) is 2. The molecule has 2 aliphatic heterocycles. The molecule has 3 atom stereocenters. The first kappa shape index (κ1) is 17.6. The van der Waals surface area contributed by atoms with Gasteiger partial charge < -0.3 is 15.5 Å². The Morgan fingerprint density at radius 3 is 2.59 bits per heavy atom. The number of fused-ring (bicyclic) bond motifs is 2. The molecule has 2 heterocycles. The molecule has 2 aromatic carbocycles. The molecule has 5 heteroatoms. The molecule has 1 unspecified atom stereocenters. The summed E-state index contributed by atoms with van der Waals surface area (Å²) < 4.78 is 0. The van der Waals surface area contributed by atoms with Gasteiger partial charge in [-0.1, -0.05) is 43.3 Å². The molecule has 0 radical (unpaired) electrons. The maximum atomic E-state index is 12.4. The third-order valence-corrected chi connectivity index (χ3v) is 5.63. The second-order valence-corrected chi connectivity index (χ2v) is 7.27. The zero-order valence-corrected chi connectivity index (χ0v) is 15.5. The number of carbonyl (C=O) groups excluding carboxylic acids is 1. The van der Waals surface area contributed by atoms with Crippen molar-refractivity contribution < 1.29 is 4.79 Å². The van der Waals surface area contributed by atoms with E-state index in [9.17, 15) is 4.79 Å². The number of hydrogen-bond acceptors (Lipinski definition) is 3. The van der Waals surface area contributed by atoms with Gasteiger partial charge in [-0.2, -0.15) is 5.26 Å². The van der Waals surface area contributed by atoms with E-state index in [0.29, 0.717) is 11.5 Å². The molecule has 2 amide bonds. The molecule has 5 nitrogen and oxygen atoms in total. The van der Waals surface area contributed by atoms with Crippen molar-refractivity contribution in [1.29, 1.82) is 5.26 Å². The first-order valence-electron chi connectivity index (χ1n) is 9.60. The maximum Gasteiger partial charge on any atom is 0.318 e. The van der Waals surface area contributed by atoms with Gasteiger partial charge in [0.05, 0.1) is 23.7 Å². The maximum absolute atomic E-state index is 12.4. The first-order valence-corrected chi connectivity index (χ1v) is 9.60. The van der Waals surface area contributed by atoms with Crippen LogP contribution in [0.15, 0.2) is 48.5 Å². The van der Waals surface area contributed by atoms with Crippen LogP contribution in [0.1, 0.15) is 30.4 Å². The fourth-order valence-electron chi connectivity index (χ4n) is 4.31. The number of piperidine rings is 1. The molecule has 2 N–H and O–H groups in total. The quantitative estimate of drug-likeness (QED) is 0.880. The monoisotopic (exact) mass is 360 g/mol. The highest BCUT2D eigenvalue weighted by Crippen LogP contribution is 2.42. The molecule has 2 aromatic rings. The zero-order valence-electron chi connectivity index (χ0n) is 15.5. The van der Waals surface area contributed by atoms with E-state index >= 15 is 0 Å². The van der Waals surface area contributed by atoms with Crippen molar-refractivity contribution in [1.82, 2.24) is 15.5 Å². The fourth-order valence-corrected chi connectivity index (χ4v) is 4.31. The van der Waals surface area contributed by atoms with E-state index in [1.807, 2.05) is 29.2 Å². The van der Waals surface area contributed by atoms with E-state index in [4.69, 9.17) is 5.26 Å². The average molecular weight is 360 g/mol. The molecular formula is C22H24N4O. The van der Waals surface area contributed by atoms with Crippen molar-refractivity contribution >= 4 is 6.03 Å². The van der Waals surface area contributed by atoms with Gasteiger partial charge in [-0.25, -0.2) is 4.79 Å². The summed E-state index contributed by atoms with van der Waals surface area (Å²) in [7, 11) is 0.